The van der Waals surface area contributed by atoms with E-state index >= 15 is 0 Å². The quantitative estimate of drug-likeness (QED) is 0.0846. The van der Waals surface area contributed by atoms with E-state index in [4.69, 9.17) is 34.3 Å². The minimum Gasteiger partial charge on any atom is -0.304 e. The number of pyridine rings is 12. The van der Waals surface area contributed by atoms with Crippen LogP contribution in [0.15, 0.2) is 414 Å². The van der Waals surface area contributed by atoms with Crippen LogP contribution in [-0.2, 0) is 93.2 Å². The Hall–Kier alpha value is -13.8. The van der Waals surface area contributed by atoms with Crippen LogP contribution in [0.4, 0.5) is 0 Å². The molecule has 138 heavy (non-hydrogen) atoms. The van der Waals surface area contributed by atoms with Crippen LogP contribution in [0.25, 0.3) is 135 Å². The fourth-order valence-corrected chi connectivity index (χ4v) is 12.6. The van der Waals surface area contributed by atoms with Crippen LogP contribution in [0.3, 0.4) is 0 Å². The van der Waals surface area contributed by atoms with Crippen LogP contribution in [0.2, 0.25) is 0 Å². The zero-order valence-electron chi connectivity index (χ0n) is 99.7. The Balaban J connectivity index is 0.000000206. The monoisotopic (exact) mass is 2530 g/mol. The third kappa shape index (κ3) is 34.4. The second-order valence-corrected chi connectivity index (χ2v) is 29.2. The summed E-state index contributed by atoms with van der Waals surface area (Å²) in [5.41, 5.74) is 22.1. The first-order chi connectivity index (χ1) is 75.4. The minimum atomic E-state index is -2.80. The number of nitrogens with zero attached hydrogens (tertiary/aromatic N) is 12. The van der Waals surface area contributed by atoms with Crippen molar-refractivity contribution < 1.29 is 115 Å². The van der Waals surface area contributed by atoms with Gasteiger partial charge in [-0.25, -0.2) is 0 Å². The topological polar surface area (TPSA) is 155 Å². The first-order valence-corrected chi connectivity index (χ1v) is 42.3. The van der Waals surface area contributed by atoms with E-state index in [-0.39, 0.29) is 120 Å². The molecule has 2 atom stereocenters. The van der Waals surface area contributed by atoms with Gasteiger partial charge >= 0.3 is 0 Å². The molecule has 0 aliphatic rings. The normalized spacial score (nSPS) is 14.3. The molecule has 0 N–H and O–H groups in total. The summed E-state index contributed by atoms with van der Waals surface area (Å²) in [6.45, 7) is -11.2. The zero-order valence-corrected chi connectivity index (χ0v) is 84.2. The molecule has 0 aliphatic carbocycles. The van der Waals surface area contributed by atoms with Crippen molar-refractivity contribution in [3.05, 3.63) is 507 Å². The predicted molar refractivity (Wildman–Crippen MR) is 547 cm³/mol. The van der Waals surface area contributed by atoms with Crippen LogP contribution in [0, 0.1) is 88.8 Å². The molecule has 696 valence electrons. The van der Waals surface area contributed by atoms with Gasteiger partial charge in [-0.2, -0.15) is 0 Å². The summed E-state index contributed by atoms with van der Waals surface area (Å²) in [5, 5.41) is 0. The van der Waals surface area contributed by atoms with E-state index in [0.29, 0.717) is 22.6 Å². The van der Waals surface area contributed by atoms with Gasteiger partial charge in [-0.15, -0.1) is 287 Å². The van der Waals surface area contributed by atoms with Crippen LogP contribution >= 0.6 is 0 Å². The van der Waals surface area contributed by atoms with Gasteiger partial charge in [-0.1, -0.05) is 156 Å². The molecule has 0 amide bonds. The van der Waals surface area contributed by atoms with Gasteiger partial charge in [0.1, 0.15) is 0 Å². The summed E-state index contributed by atoms with van der Waals surface area (Å²) < 4.78 is 187. The molecule has 0 saturated carbocycles. The minimum absolute atomic E-state index is 0. The molecule has 0 spiro atoms. The number of hydrogen-bond acceptors (Lipinski definition) is 12. The van der Waals surface area contributed by atoms with Crippen molar-refractivity contribution >= 4 is 0 Å². The molecule has 20 aromatic rings. The first kappa shape index (κ1) is 76.2. The van der Waals surface area contributed by atoms with Crippen LogP contribution in [0.1, 0.15) is 120 Å². The van der Waals surface area contributed by atoms with E-state index in [1.54, 1.807) is 134 Å². The number of benzene rings is 8. The summed E-state index contributed by atoms with van der Waals surface area (Å²) >= 11 is 0. The molecule has 8 aromatic carbocycles. The molecule has 0 aliphatic heterocycles. The molecule has 0 bridgehead atoms. The first-order valence-electron chi connectivity index (χ1n) is 54.8. The maximum Gasteiger partial charge on any atom is 0.0720 e. The van der Waals surface area contributed by atoms with E-state index < -0.39 is 66.1 Å². The van der Waals surface area contributed by atoms with Gasteiger partial charge in [-0.3, -0.25) is 19.9 Å². The van der Waals surface area contributed by atoms with Crippen LogP contribution in [0.5, 0.6) is 0 Å². The second-order valence-electron chi connectivity index (χ2n) is 29.2. The van der Waals surface area contributed by atoms with Crippen molar-refractivity contribution in [2.75, 3.05) is 0 Å². The smallest absolute Gasteiger partial charge is 0.0720 e. The maximum atomic E-state index is 8.27. The summed E-state index contributed by atoms with van der Waals surface area (Å²) in [4.78, 5) is 51.9. The van der Waals surface area contributed by atoms with Gasteiger partial charge in [0.05, 0.1) is 22.8 Å². The van der Waals surface area contributed by atoms with Crippen LogP contribution in [-0.4, -0.2) is 59.8 Å². The van der Waals surface area contributed by atoms with Crippen LogP contribution < -0.4 is 0 Å². The van der Waals surface area contributed by atoms with E-state index in [1.165, 1.54) is 37.8 Å². The zero-order chi connectivity index (χ0) is 114. The fraction of sp³-hybridized carbons (Fsp3) is 0.115. The molecular weight excluding hydrogens is 2400 g/mol. The Morgan fingerprint density at radius 3 is 0.754 bits per heavy atom. The second kappa shape index (κ2) is 57.9. The Morgan fingerprint density at radius 1 is 0.254 bits per heavy atom. The summed E-state index contributed by atoms with van der Waals surface area (Å²) in [5.74, 6) is -4.12. The summed E-state index contributed by atoms with van der Waals surface area (Å²) in [6, 6.07) is 135. The van der Waals surface area contributed by atoms with E-state index in [1.807, 2.05) is 256 Å². The van der Waals surface area contributed by atoms with E-state index in [0.717, 1.165) is 131 Å². The van der Waals surface area contributed by atoms with Gasteiger partial charge in [-0.05, 0) is 175 Å². The Morgan fingerprint density at radius 2 is 0.514 bits per heavy atom. The molecule has 16 heteroatoms. The number of hydrogen-bond donors (Lipinski definition) is 0. The van der Waals surface area contributed by atoms with Gasteiger partial charge in [0.15, 0.2) is 0 Å². The van der Waals surface area contributed by atoms with Gasteiger partial charge in [0, 0.05) is 209 Å². The van der Waals surface area contributed by atoms with E-state index in [9.17, 15) is 0 Å². The Kier molecular flexibility index (Phi) is 32.0. The van der Waals surface area contributed by atoms with E-state index in [2.05, 4.69) is 108 Å². The largest absolute Gasteiger partial charge is 0.304 e. The third-order valence-corrected chi connectivity index (χ3v) is 19.2. The molecule has 0 saturated heterocycles. The van der Waals surface area contributed by atoms with Gasteiger partial charge in [0.2, 0.25) is 0 Å². The van der Waals surface area contributed by atoms with Gasteiger partial charge < -0.3 is 39.9 Å². The molecule has 20 rings (SSSR count). The average molecular weight is 2530 g/mol. The number of rotatable bonds is 16. The van der Waals surface area contributed by atoms with Crippen molar-refractivity contribution in [2.45, 2.75) is 87.4 Å². The SMILES string of the molecule is Cc1cccc(-c2ccc(-c3[c-]cccc3)nc2)n1.[2H]C([2H])([2H])C([2H])(C)C([2H])([2H])c1cccc(-c2ccc(-c3[c-]cccc3)nc2)n1.[2H]C([2H])([2H])C([2H])(C)c1cccc(-c2ccc(-c3[c-]cccc3)nc2)n1.[2H]C([2H])([2H])Cc1cccc(-c2ccc(-c3[c-]cccc3)nc2)n1.[2H]C([2H])([2H])c1ccc(-c2[c-]cccc2)nc1.[2H]C([2H])([2H])c1ccc(-c2[c-]cccc2)nc1.[2H]C([2H])([2H])c1ccc(-c2[c-]cccc2)nc1.[2H]C([2H])([2H])c1ccc(-c2[c-]cccc2)nc1.[Ir].[Ir].[Ir].[Ir]. The molecule has 2 unspecified atom stereocenters. The number of aromatic nitrogens is 12. The molecule has 0 fully saturated rings. The average Bonchev–Trinajstić information content (AvgIpc) is 0.750. The summed E-state index contributed by atoms with van der Waals surface area (Å²) in [6.07, 6.45) is 9.99. The van der Waals surface area contributed by atoms with Crippen molar-refractivity contribution in [1.82, 2.24) is 59.8 Å². The molecule has 4 radical (unpaired) electrons. The van der Waals surface area contributed by atoms with Crippen molar-refractivity contribution in [3.63, 3.8) is 0 Å². The predicted octanol–water partition coefficient (Wildman–Crippen LogP) is 29.1. The standard InChI is InChI=1S/C20H19N2.C19H17N2.C18H15N2.C17H13N2.4C12H10N.4Ir/c1-15(2)13-18-9-6-10-20(22-18)17-11-12-19(21-14-17)16-7-4-3-5-8-16;1-14(2)17-9-6-10-19(21-17)16-11-12-18(20-13-16)15-7-4-3-5-8-15;1-2-16-9-6-10-18(20-16)15-11-12-17(19-13-15)14-7-4-3-5-8-14;1-13-6-5-9-17(19-13)15-10-11-16(18-12-15)14-7-3-2-4-8-14;4*1-10-7-8-12(13-9-10)11-5-3-2-4-6-11;;;;/h3-7,9-12,14-15H,13H2,1-2H3;3-7,9-14H,1-2H3;3-7,9-13H,2H2,1H3;2-7,9-12H,1H3;4*2-5,7-9H,1H3;;;;/q8*-1;;;;/i1D3,13D2,15D;1D3,14D;1D3;;4*1D3;;;;. The molecule has 12 aromatic heterocycles. The Bertz CT molecular complexity index is 7560. The maximum absolute atomic E-state index is 8.27. The van der Waals surface area contributed by atoms with Crippen molar-refractivity contribution in [3.8, 4) is 135 Å². The molecular formula is C122H104Ir4N12-8. The van der Waals surface area contributed by atoms with Crippen molar-refractivity contribution in [2.24, 2.45) is 5.89 Å². The summed E-state index contributed by atoms with van der Waals surface area (Å²) in [7, 11) is 0. The fourth-order valence-electron chi connectivity index (χ4n) is 12.6. The Labute approximate surface area is 903 Å². The third-order valence-electron chi connectivity index (χ3n) is 19.2. The van der Waals surface area contributed by atoms with Gasteiger partial charge in [0.25, 0.3) is 0 Å². The molecule has 12 nitrogen and oxygen atoms in total. The molecule has 12 heterocycles. The van der Waals surface area contributed by atoms with Crippen molar-refractivity contribution in [1.29, 1.82) is 0 Å². The number of aryl methyl sites for hydroxylation is 6.